The van der Waals surface area contributed by atoms with Crippen LogP contribution < -0.4 is 5.32 Å². The zero-order chi connectivity index (χ0) is 10.6. The van der Waals surface area contributed by atoms with Gasteiger partial charge in [-0.05, 0) is 13.0 Å². The van der Waals surface area contributed by atoms with Gasteiger partial charge in [0, 0.05) is 27.4 Å². The van der Waals surface area contributed by atoms with Crippen molar-refractivity contribution in [3.05, 3.63) is 0 Å². The summed E-state index contributed by atoms with van der Waals surface area (Å²) < 4.78 is 15.5. The summed E-state index contributed by atoms with van der Waals surface area (Å²) in [5.41, 5.74) is 0. The van der Waals surface area contributed by atoms with E-state index in [2.05, 4.69) is 12.2 Å². The van der Waals surface area contributed by atoms with Crippen LogP contribution in [-0.2, 0) is 14.2 Å². The average Bonchev–Trinajstić information content (AvgIpc) is 2.18. The first kappa shape index (κ1) is 13.8. The lowest BCUT2D eigenvalue weighted by molar-refractivity contribution is 0.0627. The number of nitrogens with one attached hydrogen (secondary N) is 1. The molecule has 0 heterocycles. The van der Waals surface area contributed by atoms with Gasteiger partial charge in [-0.15, -0.1) is 0 Å². The van der Waals surface area contributed by atoms with E-state index in [0.717, 1.165) is 26.2 Å². The van der Waals surface area contributed by atoms with E-state index in [-0.39, 0.29) is 0 Å². The molecule has 14 heavy (non-hydrogen) atoms. The number of ether oxygens (including phenoxy) is 3. The van der Waals surface area contributed by atoms with Gasteiger partial charge in [-0.3, -0.25) is 0 Å². The van der Waals surface area contributed by atoms with Gasteiger partial charge in [0.1, 0.15) is 0 Å². The van der Waals surface area contributed by atoms with Crippen LogP contribution in [0.5, 0.6) is 0 Å². The van der Waals surface area contributed by atoms with Crippen LogP contribution in [0.4, 0.5) is 0 Å². The van der Waals surface area contributed by atoms with E-state index in [1.165, 1.54) is 0 Å². The minimum absolute atomic E-state index is 0.299. The molecule has 0 saturated carbocycles. The normalized spacial score (nSPS) is 13.1. The zero-order valence-electron chi connectivity index (χ0n) is 9.54. The molecule has 0 spiro atoms. The lowest BCUT2D eigenvalue weighted by atomic mass is 10.3. The van der Waals surface area contributed by atoms with Crippen molar-refractivity contribution in [3.8, 4) is 0 Å². The monoisotopic (exact) mass is 205 g/mol. The molecular formula is C10H23NO3. The quantitative estimate of drug-likeness (QED) is 0.532. The highest BCUT2D eigenvalue weighted by Crippen LogP contribution is 1.90. The molecule has 1 N–H and O–H groups in total. The molecular weight excluding hydrogens is 182 g/mol. The van der Waals surface area contributed by atoms with Crippen LogP contribution in [0, 0.1) is 0 Å². The van der Waals surface area contributed by atoms with Crippen molar-refractivity contribution in [2.45, 2.75) is 19.4 Å². The van der Waals surface area contributed by atoms with Crippen LogP contribution in [0.25, 0.3) is 0 Å². The summed E-state index contributed by atoms with van der Waals surface area (Å²) in [6, 6.07) is 0.299. The van der Waals surface area contributed by atoms with Crippen LogP contribution in [0.2, 0.25) is 0 Å². The minimum Gasteiger partial charge on any atom is -0.385 e. The summed E-state index contributed by atoms with van der Waals surface area (Å²) in [5.74, 6) is 0. The Morgan fingerprint density at radius 3 is 2.43 bits per heavy atom. The summed E-state index contributed by atoms with van der Waals surface area (Å²) in [6.07, 6.45) is 0.947. The third-order valence-corrected chi connectivity index (χ3v) is 1.82. The summed E-state index contributed by atoms with van der Waals surface area (Å²) in [7, 11) is 3.40. The summed E-state index contributed by atoms with van der Waals surface area (Å²) in [5, 5.41) is 3.29. The second-order valence-electron chi connectivity index (χ2n) is 3.13. The Balaban J connectivity index is 3.30. The van der Waals surface area contributed by atoms with Crippen molar-refractivity contribution < 1.29 is 14.2 Å². The molecule has 0 fully saturated rings. The fourth-order valence-corrected chi connectivity index (χ4v) is 1.19. The second kappa shape index (κ2) is 10.9. The Labute approximate surface area is 86.9 Å². The van der Waals surface area contributed by atoms with Gasteiger partial charge < -0.3 is 19.5 Å². The number of hydrogen-bond donors (Lipinski definition) is 1. The predicted octanol–water partition coefficient (Wildman–Crippen LogP) is 0.664. The van der Waals surface area contributed by atoms with E-state index in [1.807, 2.05) is 0 Å². The minimum atomic E-state index is 0.299. The van der Waals surface area contributed by atoms with Crippen LogP contribution in [0.1, 0.15) is 13.3 Å². The third kappa shape index (κ3) is 8.44. The van der Waals surface area contributed by atoms with Crippen molar-refractivity contribution in [2.24, 2.45) is 0 Å². The fraction of sp³-hybridized carbons (Fsp3) is 1.00. The van der Waals surface area contributed by atoms with Crippen molar-refractivity contribution >= 4 is 0 Å². The smallest absolute Gasteiger partial charge is 0.0642 e. The van der Waals surface area contributed by atoms with Gasteiger partial charge in [-0.2, -0.15) is 0 Å². The number of hydrogen-bond acceptors (Lipinski definition) is 4. The number of rotatable bonds is 10. The Bertz CT molecular complexity index is 106. The largest absolute Gasteiger partial charge is 0.385 e. The Morgan fingerprint density at radius 1 is 1.07 bits per heavy atom. The maximum absolute atomic E-state index is 5.48. The Hall–Kier alpha value is -0.160. The first-order chi connectivity index (χ1) is 6.85. The molecule has 0 rings (SSSR count). The Morgan fingerprint density at radius 2 is 1.86 bits per heavy atom. The van der Waals surface area contributed by atoms with Crippen LogP contribution >= 0.6 is 0 Å². The van der Waals surface area contributed by atoms with Gasteiger partial charge in [-0.1, -0.05) is 6.92 Å². The van der Waals surface area contributed by atoms with Crippen LogP contribution in [0.15, 0.2) is 0 Å². The van der Waals surface area contributed by atoms with Gasteiger partial charge in [0.05, 0.1) is 19.3 Å². The maximum atomic E-state index is 5.48. The van der Waals surface area contributed by atoms with Crippen molar-refractivity contribution in [3.63, 3.8) is 0 Å². The Kier molecular flexibility index (Phi) is 10.8. The molecule has 0 aromatic rings. The summed E-state index contributed by atoms with van der Waals surface area (Å²) in [6.45, 7) is 5.92. The van der Waals surface area contributed by atoms with Crippen LogP contribution in [-0.4, -0.2) is 53.2 Å². The van der Waals surface area contributed by atoms with Crippen molar-refractivity contribution in [1.29, 1.82) is 0 Å². The molecule has 0 bridgehead atoms. The van der Waals surface area contributed by atoms with E-state index in [0.29, 0.717) is 19.3 Å². The molecule has 0 radical (unpaired) electrons. The van der Waals surface area contributed by atoms with Gasteiger partial charge in [-0.25, -0.2) is 0 Å². The van der Waals surface area contributed by atoms with Gasteiger partial charge >= 0.3 is 0 Å². The van der Waals surface area contributed by atoms with Gasteiger partial charge in [0.15, 0.2) is 0 Å². The molecule has 0 saturated heterocycles. The molecule has 4 heteroatoms. The molecule has 0 aliphatic heterocycles. The molecule has 0 aliphatic carbocycles. The fourth-order valence-electron chi connectivity index (χ4n) is 1.19. The molecule has 0 aliphatic rings. The first-order valence-corrected chi connectivity index (χ1v) is 5.14. The van der Waals surface area contributed by atoms with E-state index in [9.17, 15) is 0 Å². The molecule has 0 aromatic heterocycles. The van der Waals surface area contributed by atoms with Gasteiger partial charge in [0.2, 0.25) is 0 Å². The lowest BCUT2D eigenvalue weighted by Crippen LogP contribution is -2.37. The van der Waals surface area contributed by atoms with E-state index in [1.54, 1.807) is 14.2 Å². The predicted molar refractivity (Wildman–Crippen MR) is 56.7 cm³/mol. The van der Waals surface area contributed by atoms with Crippen molar-refractivity contribution in [2.75, 3.05) is 47.2 Å². The number of likely N-dealkylation sites (N-methyl/N-ethyl adjacent to an activating group) is 1. The standard InChI is InChI=1S/C10H23NO3/c1-4-11-10(8-13-3)9-14-7-5-6-12-2/h10-11H,4-9H2,1-3H3. The van der Waals surface area contributed by atoms with E-state index >= 15 is 0 Å². The van der Waals surface area contributed by atoms with Crippen molar-refractivity contribution in [1.82, 2.24) is 5.32 Å². The van der Waals surface area contributed by atoms with Gasteiger partial charge in [0.25, 0.3) is 0 Å². The highest BCUT2D eigenvalue weighted by Gasteiger charge is 2.05. The average molecular weight is 205 g/mol. The SMILES string of the molecule is CCNC(COC)COCCCOC. The summed E-state index contributed by atoms with van der Waals surface area (Å²) in [4.78, 5) is 0. The summed E-state index contributed by atoms with van der Waals surface area (Å²) >= 11 is 0. The zero-order valence-corrected chi connectivity index (χ0v) is 9.54. The van der Waals surface area contributed by atoms with E-state index in [4.69, 9.17) is 14.2 Å². The molecule has 0 amide bonds. The third-order valence-electron chi connectivity index (χ3n) is 1.82. The van der Waals surface area contributed by atoms with Crippen LogP contribution in [0.3, 0.4) is 0 Å². The lowest BCUT2D eigenvalue weighted by Gasteiger charge is -2.16. The molecule has 1 atom stereocenters. The highest BCUT2D eigenvalue weighted by atomic mass is 16.5. The molecule has 4 nitrogen and oxygen atoms in total. The molecule has 86 valence electrons. The van der Waals surface area contributed by atoms with E-state index < -0.39 is 0 Å². The maximum Gasteiger partial charge on any atom is 0.0642 e. The number of methoxy groups -OCH3 is 2. The highest BCUT2D eigenvalue weighted by molar-refractivity contribution is 4.63. The molecule has 1 unspecified atom stereocenters. The molecule has 0 aromatic carbocycles. The first-order valence-electron chi connectivity index (χ1n) is 5.14. The topological polar surface area (TPSA) is 39.7 Å². The second-order valence-corrected chi connectivity index (χ2v) is 3.13.